The molecule has 2 aromatic carbocycles. The summed E-state index contributed by atoms with van der Waals surface area (Å²) < 4.78 is 0. The molecular weight excluding hydrogens is 332 g/mol. The molecule has 0 fully saturated rings. The Morgan fingerprint density at radius 2 is 1.81 bits per heavy atom. The minimum atomic E-state index is -0.581. The summed E-state index contributed by atoms with van der Waals surface area (Å²) in [6, 6.07) is 10.5. The minimum absolute atomic E-state index is 0.186. The van der Waals surface area contributed by atoms with Crippen LogP contribution in [0.3, 0.4) is 0 Å². The van der Waals surface area contributed by atoms with E-state index in [0.717, 1.165) is 27.6 Å². The number of rotatable bonds is 2. The molecule has 130 valence electrons. The fraction of sp³-hybridized carbons (Fsp3) is 0.200. The highest BCUT2D eigenvalue weighted by molar-refractivity contribution is 5.87. The van der Waals surface area contributed by atoms with Crippen LogP contribution in [0.15, 0.2) is 42.5 Å². The van der Waals surface area contributed by atoms with Crippen LogP contribution < -0.4 is 10.4 Å². The molecule has 0 bridgehead atoms. The normalized spacial score (nSPS) is 20.2. The zero-order valence-corrected chi connectivity index (χ0v) is 14.4. The van der Waals surface area contributed by atoms with Crippen LogP contribution in [-0.2, 0) is 6.42 Å². The molecule has 0 radical (unpaired) electrons. The molecule has 4 rings (SSSR count). The van der Waals surface area contributed by atoms with Crippen molar-refractivity contribution >= 4 is 28.6 Å². The van der Waals surface area contributed by atoms with E-state index in [-0.39, 0.29) is 11.4 Å². The Bertz CT molecular complexity index is 1150. The van der Waals surface area contributed by atoms with Crippen LogP contribution in [0.5, 0.6) is 0 Å². The first kappa shape index (κ1) is 16.2. The maximum atomic E-state index is 11.6. The van der Waals surface area contributed by atoms with E-state index in [9.17, 15) is 20.2 Å². The minimum Gasteiger partial charge on any atom is -0.258 e. The fourth-order valence-corrected chi connectivity index (χ4v) is 4.09. The highest BCUT2D eigenvalue weighted by atomic mass is 16.6. The van der Waals surface area contributed by atoms with E-state index in [1.54, 1.807) is 0 Å². The van der Waals surface area contributed by atoms with Crippen molar-refractivity contribution in [2.75, 3.05) is 0 Å². The summed E-state index contributed by atoms with van der Waals surface area (Å²) in [5.41, 5.74) is 2.20. The standard InChI is InChI=1S/C20H16N2O4/c1-12-7-18-15-6-4-3-5-13(15)10-20(18,2)11-17-16(12)8-14(21(23)24)9-19(17)22(25)26/h3-10H,11H2,1-2H3. The molecule has 0 saturated heterocycles. The third-order valence-electron chi connectivity index (χ3n) is 5.29. The van der Waals surface area contributed by atoms with Crippen molar-refractivity contribution in [1.29, 1.82) is 0 Å². The second-order valence-corrected chi connectivity index (χ2v) is 7.07. The number of non-ortho nitro benzene ring substituents is 1. The predicted molar refractivity (Wildman–Crippen MR) is 98.8 cm³/mol. The van der Waals surface area contributed by atoms with Gasteiger partial charge in [-0.15, -0.1) is 0 Å². The molecule has 0 saturated carbocycles. The topological polar surface area (TPSA) is 86.3 Å². The second-order valence-electron chi connectivity index (χ2n) is 7.07. The fourth-order valence-electron chi connectivity index (χ4n) is 4.09. The molecule has 2 aliphatic carbocycles. The Morgan fingerprint density at radius 3 is 2.50 bits per heavy atom. The maximum Gasteiger partial charge on any atom is 0.280 e. The quantitative estimate of drug-likeness (QED) is 0.616. The number of benzene rings is 2. The van der Waals surface area contributed by atoms with E-state index in [2.05, 4.69) is 13.0 Å². The van der Waals surface area contributed by atoms with E-state index in [1.807, 2.05) is 37.3 Å². The van der Waals surface area contributed by atoms with Crippen LogP contribution in [-0.4, -0.2) is 9.85 Å². The molecule has 1 unspecified atom stereocenters. The SMILES string of the molecule is CC1=CC2=c3ccccc3=CC2(C)Cc2c1cc([N+](=O)[O-])cc2[N+](=O)[O-]. The third-order valence-corrected chi connectivity index (χ3v) is 5.29. The largest absolute Gasteiger partial charge is 0.280 e. The summed E-state index contributed by atoms with van der Waals surface area (Å²) in [7, 11) is 0. The molecule has 6 heteroatoms. The van der Waals surface area contributed by atoms with Gasteiger partial charge in [-0.25, -0.2) is 0 Å². The molecule has 0 aromatic heterocycles. The zero-order chi connectivity index (χ0) is 18.6. The molecule has 0 amide bonds. The van der Waals surface area contributed by atoms with E-state index in [4.69, 9.17) is 0 Å². The van der Waals surface area contributed by atoms with Gasteiger partial charge in [-0.3, -0.25) is 20.2 Å². The molecule has 0 N–H and O–H groups in total. The van der Waals surface area contributed by atoms with Crippen LogP contribution in [0, 0.1) is 25.6 Å². The van der Waals surface area contributed by atoms with Crippen molar-refractivity contribution in [1.82, 2.24) is 0 Å². The number of hydrogen-bond donors (Lipinski definition) is 0. The lowest BCUT2D eigenvalue weighted by molar-refractivity contribution is -0.394. The molecule has 2 aliphatic rings. The first-order chi connectivity index (χ1) is 12.3. The Hall–Kier alpha value is -3.28. The van der Waals surface area contributed by atoms with E-state index in [0.29, 0.717) is 17.5 Å². The van der Waals surface area contributed by atoms with Crippen molar-refractivity contribution < 1.29 is 9.85 Å². The van der Waals surface area contributed by atoms with Gasteiger partial charge in [-0.1, -0.05) is 43.3 Å². The Kier molecular flexibility index (Phi) is 3.34. The highest BCUT2D eigenvalue weighted by Crippen LogP contribution is 2.45. The average Bonchev–Trinajstić information content (AvgIpc) is 2.80. The summed E-state index contributed by atoms with van der Waals surface area (Å²) in [6.07, 6.45) is 4.58. The lowest BCUT2D eigenvalue weighted by atomic mass is 9.79. The number of nitro benzene ring substituents is 2. The first-order valence-electron chi connectivity index (χ1n) is 8.27. The number of nitro groups is 2. The van der Waals surface area contributed by atoms with Crippen LogP contribution in [0.4, 0.5) is 11.4 Å². The van der Waals surface area contributed by atoms with Gasteiger partial charge < -0.3 is 0 Å². The van der Waals surface area contributed by atoms with Gasteiger partial charge in [0.2, 0.25) is 0 Å². The monoisotopic (exact) mass is 348 g/mol. The first-order valence-corrected chi connectivity index (χ1v) is 8.27. The van der Waals surface area contributed by atoms with Crippen molar-refractivity contribution in [2.45, 2.75) is 20.3 Å². The van der Waals surface area contributed by atoms with E-state index >= 15 is 0 Å². The molecule has 26 heavy (non-hydrogen) atoms. The van der Waals surface area contributed by atoms with Gasteiger partial charge in [0.1, 0.15) is 0 Å². The third kappa shape index (κ3) is 2.26. The maximum absolute atomic E-state index is 11.6. The number of fused-ring (bicyclic) bond motifs is 3. The van der Waals surface area contributed by atoms with E-state index < -0.39 is 15.3 Å². The van der Waals surface area contributed by atoms with Crippen LogP contribution in [0.25, 0.3) is 17.2 Å². The summed E-state index contributed by atoms with van der Waals surface area (Å²) in [6.45, 7) is 3.91. The zero-order valence-electron chi connectivity index (χ0n) is 14.4. The number of allylic oxidation sites excluding steroid dienone is 2. The predicted octanol–water partition coefficient (Wildman–Crippen LogP) is 3.11. The highest BCUT2D eigenvalue weighted by Gasteiger charge is 2.37. The van der Waals surface area contributed by atoms with Gasteiger partial charge in [0.25, 0.3) is 11.4 Å². The molecule has 0 spiro atoms. The summed E-state index contributed by atoms with van der Waals surface area (Å²) >= 11 is 0. The van der Waals surface area contributed by atoms with Gasteiger partial charge in [0.15, 0.2) is 0 Å². The second kappa shape index (κ2) is 5.36. The number of nitrogens with zero attached hydrogens (tertiary/aromatic N) is 2. The smallest absolute Gasteiger partial charge is 0.258 e. The van der Waals surface area contributed by atoms with Gasteiger partial charge in [-0.2, -0.15) is 0 Å². The van der Waals surface area contributed by atoms with Crippen LogP contribution in [0.1, 0.15) is 25.0 Å². The average molecular weight is 348 g/mol. The Labute approximate surface area is 149 Å². The molecule has 6 nitrogen and oxygen atoms in total. The summed E-state index contributed by atoms with van der Waals surface area (Å²) in [5, 5.41) is 25.1. The molecule has 1 atom stereocenters. The van der Waals surface area contributed by atoms with Crippen LogP contribution in [0.2, 0.25) is 0 Å². The van der Waals surface area contributed by atoms with Gasteiger partial charge in [0, 0.05) is 17.0 Å². The van der Waals surface area contributed by atoms with Crippen molar-refractivity contribution in [2.24, 2.45) is 5.41 Å². The number of hydrogen-bond acceptors (Lipinski definition) is 4. The van der Waals surface area contributed by atoms with Crippen LogP contribution >= 0.6 is 0 Å². The van der Waals surface area contributed by atoms with Gasteiger partial charge in [-0.05, 0) is 40.5 Å². The van der Waals surface area contributed by atoms with Crippen molar-refractivity contribution in [3.05, 3.63) is 84.3 Å². The van der Waals surface area contributed by atoms with Crippen molar-refractivity contribution in [3.63, 3.8) is 0 Å². The van der Waals surface area contributed by atoms with E-state index in [1.165, 1.54) is 6.07 Å². The van der Waals surface area contributed by atoms with Crippen molar-refractivity contribution in [3.8, 4) is 0 Å². The Balaban J connectivity index is 2.07. The summed E-state index contributed by atoms with van der Waals surface area (Å²) in [4.78, 5) is 21.8. The molecular formula is C20H16N2O4. The lowest BCUT2D eigenvalue weighted by Gasteiger charge is -2.24. The molecule has 0 heterocycles. The molecule has 0 aliphatic heterocycles. The summed E-state index contributed by atoms with van der Waals surface area (Å²) in [5.74, 6) is 0. The molecule has 2 aromatic rings. The van der Waals surface area contributed by atoms with Gasteiger partial charge >= 0.3 is 0 Å². The Morgan fingerprint density at radius 1 is 1.08 bits per heavy atom. The lowest BCUT2D eigenvalue weighted by Crippen LogP contribution is -2.22. The van der Waals surface area contributed by atoms with Gasteiger partial charge in [0.05, 0.1) is 15.9 Å².